The first-order valence-corrected chi connectivity index (χ1v) is 6.73. The van der Waals surface area contributed by atoms with Crippen LogP contribution in [-0.4, -0.2) is 16.9 Å². The number of ether oxygens (including phenoxy) is 1. The summed E-state index contributed by atoms with van der Waals surface area (Å²) in [6.07, 6.45) is 0.0975. The minimum absolute atomic E-state index is 0.0912. The Hall–Kier alpha value is -2.83. The van der Waals surface area contributed by atoms with Gasteiger partial charge in [-0.2, -0.15) is 0 Å². The number of nitro groups is 1. The molecular weight excluding hydrogens is 288 g/mol. The van der Waals surface area contributed by atoms with Gasteiger partial charge in [-0.15, -0.1) is 0 Å². The van der Waals surface area contributed by atoms with E-state index in [1.165, 1.54) is 6.07 Å². The van der Waals surface area contributed by atoms with Crippen LogP contribution in [0, 0.1) is 10.1 Å². The highest BCUT2D eigenvalue weighted by atomic mass is 16.6. The Bertz CT molecular complexity index is 661. The third kappa shape index (κ3) is 4.08. The zero-order chi connectivity index (χ0) is 16.1. The summed E-state index contributed by atoms with van der Waals surface area (Å²) in [5, 5.41) is 13.1. The van der Waals surface area contributed by atoms with Gasteiger partial charge in [-0.3, -0.25) is 14.9 Å². The Labute approximate surface area is 127 Å². The van der Waals surface area contributed by atoms with Gasteiger partial charge < -0.3 is 14.5 Å². The van der Waals surface area contributed by atoms with Crippen molar-refractivity contribution in [1.29, 1.82) is 0 Å². The Morgan fingerprint density at radius 1 is 1.27 bits per heavy atom. The molecule has 2 rings (SSSR count). The van der Waals surface area contributed by atoms with Crippen LogP contribution >= 0.6 is 0 Å². The topological polar surface area (TPSA) is 94.6 Å². The molecule has 1 amide bonds. The number of nitrogens with zero attached hydrogens (tertiary/aromatic N) is 1. The van der Waals surface area contributed by atoms with E-state index in [9.17, 15) is 14.9 Å². The minimum Gasteiger partial charge on any atom is -0.491 e. The Morgan fingerprint density at radius 3 is 2.50 bits per heavy atom. The second-order valence-corrected chi connectivity index (χ2v) is 4.89. The summed E-state index contributed by atoms with van der Waals surface area (Å²) in [6.45, 7) is 4.17. The van der Waals surface area contributed by atoms with E-state index in [0.717, 1.165) is 17.4 Å². The fourth-order valence-electron chi connectivity index (χ4n) is 1.78. The SMILES string of the molecule is CC(C)Oc1ccc(CNC(=O)c2ccc([N+](=O)[O-])o2)cc1. The highest BCUT2D eigenvalue weighted by Crippen LogP contribution is 2.16. The van der Waals surface area contributed by atoms with E-state index >= 15 is 0 Å². The monoisotopic (exact) mass is 304 g/mol. The van der Waals surface area contributed by atoms with E-state index < -0.39 is 16.7 Å². The van der Waals surface area contributed by atoms with Crippen molar-refractivity contribution in [3.05, 3.63) is 57.8 Å². The highest BCUT2D eigenvalue weighted by Gasteiger charge is 2.16. The summed E-state index contributed by atoms with van der Waals surface area (Å²) in [7, 11) is 0. The van der Waals surface area contributed by atoms with Crippen LogP contribution in [0.5, 0.6) is 5.75 Å². The summed E-state index contributed by atoms with van der Waals surface area (Å²) in [5.41, 5.74) is 0.880. The van der Waals surface area contributed by atoms with Crippen LogP contribution in [0.15, 0.2) is 40.8 Å². The average molecular weight is 304 g/mol. The number of nitrogens with one attached hydrogen (secondary N) is 1. The molecule has 0 spiro atoms. The quantitative estimate of drug-likeness (QED) is 0.654. The maximum atomic E-state index is 11.8. The fourth-order valence-corrected chi connectivity index (χ4v) is 1.78. The molecule has 116 valence electrons. The highest BCUT2D eigenvalue weighted by molar-refractivity contribution is 5.91. The van der Waals surface area contributed by atoms with E-state index in [2.05, 4.69) is 5.32 Å². The lowest BCUT2D eigenvalue weighted by molar-refractivity contribution is -0.402. The molecule has 0 unspecified atom stereocenters. The number of carbonyl (C=O) groups excluding carboxylic acids is 1. The van der Waals surface area contributed by atoms with Crippen molar-refractivity contribution in [2.24, 2.45) is 0 Å². The van der Waals surface area contributed by atoms with Gasteiger partial charge in [0.1, 0.15) is 10.7 Å². The number of furan rings is 1. The maximum Gasteiger partial charge on any atom is 0.433 e. The van der Waals surface area contributed by atoms with Crippen molar-refractivity contribution in [3.63, 3.8) is 0 Å². The number of rotatable bonds is 6. The number of amides is 1. The second kappa shape index (κ2) is 6.75. The van der Waals surface area contributed by atoms with Crippen LogP contribution in [0.1, 0.15) is 30.0 Å². The first-order valence-electron chi connectivity index (χ1n) is 6.73. The van der Waals surface area contributed by atoms with Crippen molar-refractivity contribution in [1.82, 2.24) is 5.32 Å². The van der Waals surface area contributed by atoms with Crippen LogP contribution in [0.4, 0.5) is 5.88 Å². The lowest BCUT2D eigenvalue weighted by Gasteiger charge is -2.10. The smallest absolute Gasteiger partial charge is 0.433 e. The lowest BCUT2D eigenvalue weighted by Crippen LogP contribution is -2.22. The molecule has 0 aliphatic carbocycles. The van der Waals surface area contributed by atoms with Crippen LogP contribution < -0.4 is 10.1 Å². The van der Waals surface area contributed by atoms with Crippen molar-refractivity contribution < 1.29 is 18.9 Å². The average Bonchev–Trinajstić information content (AvgIpc) is 2.96. The largest absolute Gasteiger partial charge is 0.491 e. The van der Waals surface area contributed by atoms with Crippen molar-refractivity contribution >= 4 is 11.8 Å². The maximum absolute atomic E-state index is 11.8. The summed E-state index contributed by atoms with van der Waals surface area (Å²) in [5.74, 6) is -0.297. The van der Waals surface area contributed by atoms with Crippen molar-refractivity contribution in [2.75, 3.05) is 0 Å². The van der Waals surface area contributed by atoms with E-state index in [1.807, 2.05) is 38.1 Å². The molecule has 0 fully saturated rings. The van der Waals surface area contributed by atoms with E-state index in [1.54, 1.807) is 0 Å². The summed E-state index contributed by atoms with van der Waals surface area (Å²) in [6, 6.07) is 9.73. The molecule has 0 aliphatic heterocycles. The van der Waals surface area contributed by atoms with Gasteiger partial charge in [0.05, 0.1) is 12.2 Å². The number of hydrogen-bond donors (Lipinski definition) is 1. The Kier molecular flexibility index (Phi) is 4.77. The van der Waals surface area contributed by atoms with Crippen LogP contribution in [0.25, 0.3) is 0 Å². The summed E-state index contributed by atoms with van der Waals surface area (Å²) >= 11 is 0. The van der Waals surface area contributed by atoms with Gasteiger partial charge >= 0.3 is 5.88 Å². The van der Waals surface area contributed by atoms with Gasteiger partial charge in [0.25, 0.3) is 5.91 Å². The molecule has 0 radical (unpaired) electrons. The predicted octanol–water partition coefficient (Wildman–Crippen LogP) is 2.91. The van der Waals surface area contributed by atoms with E-state index in [4.69, 9.17) is 9.15 Å². The molecule has 0 saturated carbocycles. The molecule has 0 atom stereocenters. The van der Waals surface area contributed by atoms with Gasteiger partial charge in [-0.1, -0.05) is 12.1 Å². The van der Waals surface area contributed by atoms with Crippen LogP contribution in [0.2, 0.25) is 0 Å². The van der Waals surface area contributed by atoms with Gasteiger partial charge in [0, 0.05) is 6.54 Å². The van der Waals surface area contributed by atoms with Crippen LogP contribution in [0.3, 0.4) is 0 Å². The molecule has 0 bridgehead atoms. The number of hydrogen-bond acceptors (Lipinski definition) is 5. The van der Waals surface area contributed by atoms with Crippen LogP contribution in [-0.2, 0) is 6.54 Å². The molecule has 22 heavy (non-hydrogen) atoms. The number of carbonyl (C=O) groups is 1. The van der Waals surface area contributed by atoms with E-state index in [-0.39, 0.29) is 18.4 Å². The molecule has 1 aromatic heterocycles. The first-order chi connectivity index (χ1) is 10.5. The minimum atomic E-state index is -0.690. The number of benzene rings is 1. The van der Waals surface area contributed by atoms with Gasteiger partial charge in [-0.25, -0.2) is 0 Å². The first kappa shape index (κ1) is 15.6. The zero-order valence-corrected chi connectivity index (χ0v) is 12.2. The normalized spacial score (nSPS) is 10.5. The fraction of sp³-hybridized carbons (Fsp3) is 0.267. The third-order valence-corrected chi connectivity index (χ3v) is 2.74. The Balaban J connectivity index is 1.91. The van der Waals surface area contributed by atoms with Gasteiger partial charge in [0.2, 0.25) is 0 Å². The molecule has 2 aromatic rings. The second-order valence-electron chi connectivity index (χ2n) is 4.89. The Morgan fingerprint density at radius 2 is 1.95 bits per heavy atom. The molecule has 0 aliphatic rings. The lowest BCUT2D eigenvalue weighted by atomic mass is 10.2. The van der Waals surface area contributed by atoms with E-state index in [0.29, 0.717) is 0 Å². The molecule has 0 saturated heterocycles. The summed E-state index contributed by atoms with van der Waals surface area (Å²) in [4.78, 5) is 21.6. The molecular formula is C15H16N2O5. The standard InChI is InChI=1S/C15H16N2O5/c1-10(2)21-12-5-3-11(4-6-12)9-16-15(18)13-7-8-14(22-13)17(19)20/h3-8,10H,9H2,1-2H3,(H,16,18). The van der Waals surface area contributed by atoms with Gasteiger partial charge in [0.15, 0.2) is 5.76 Å². The molecule has 7 nitrogen and oxygen atoms in total. The molecule has 1 heterocycles. The van der Waals surface area contributed by atoms with Gasteiger partial charge in [-0.05, 0) is 37.6 Å². The molecule has 1 aromatic carbocycles. The molecule has 7 heteroatoms. The predicted molar refractivity (Wildman–Crippen MR) is 78.7 cm³/mol. The molecule has 1 N–H and O–H groups in total. The zero-order valence-electron chi connectivity index (χ0n) is 12.2. The van der Waals surface area contributed by atoms with Crippen molar-refractivity contribution in [3.8, 4) is 5.75 Å². The summed E-state index contributed by atoms with van der Waals surface area (Å²) < 4.78 is 10.4. The third-order valence-electron chi connectivity index (χ3n) is 2.74. The van der Waals surface area contributed by atoms with Crippen molar-refractivity contribution in [2.45, 2.75) is 26.5 Å².